The minimum absolute atomic E-state index is 0.973. The molecule has 4 nitrogen and oxygen atoms in total. The Morgan fingerprint density at radius 3 is 2.59 bits per heavy atom. The van der Waals surface area contributed by atoms with E-state index in [-0.39, 0.29) is 0 Å². The average Bonchev–Trinajstić information content (AvgIpc) is 2.97. The Morgan fingerprint density at radius 2 is 1.96 bits per heavy atom. The number of aromatic nitrogens is 3. The Bertz CT molecular complexity index is 979. The molecule has 0 aliphatic carbocycles. The van der Waals surface area contributed by atoms with Crippen molar-refractivity contribution >= 4 is 22.3 Å². The van der Waals surface area contributed by atoms with Gasteiger partial charge < -0.3 is 4.90 Å². The highest BCUT2D eigenvalue weighted by Crippen LogP contribution is 2.35. The normalized spacial score (nSPS) is 12.0. The lowest BCUT2D eigenvalue weighted by Gasteiger charge is -2.14. The number of rotatable bonds is 6. The van der Waals surface area contributed by atoms with Gasteiger partial charge in [0.05, 0.1) is 5.69 Å². The van der Waals surface area contributed by atoms with E-state index in [1.165, 1.54) is 22.2 Å². The first kappa shape index (κ1) is 19.2. The van der Waals surface area contributed by atoms with Crippen LogP contribution in [0.2, 0.25) is 0 Å². The Balaban J connectivity index is 2.20. The highest BCUT2D eigenvalue weighted by Gasteiger charge is 2.17. The van der Waals surface area contributed by atoms with Gasteiger partial charge in [-0.3, -0.25) is 4.68 Å². The SMILES string of the molecule is CC/C=C(/CCC)c1c2cccc(-c3cnc(N(C)C)cc3C)c2nn1C. The molecule has 142 valence electrons. The van der Waals surface area contributed by atoms with Gasteiger partial charge in [-0.15, -0.1) is 0 Å². The van der Waals surface area contributed by atoms with Gasteiger partial charge >= 0.3 is 0 Å². The molecular formula is C23H30N4. The van der Waals surface area contributed by atoms with E-state index in [0.29, 0.717) is 0 Å². The molecule has 0 unspecified atom stereocenters. The first-order chi connectivity index (χ1) is 13.0. The van der Waals surface area contributed by atoms with E-state index in [1.807, 2.05) is 29.9 Å². The molecule has 27 heavy (non-hydrogen) atoms. The Kier molecular flexibility index (Phi) is 5.64. The van der Waals surface area contributed by atoms with Crippen LogP contribution in [0.5, 0.6) is 0 Å². The largest absolute Gasteiger partial charge is 0.363 e. The number of nitrogens with zero attached hydrogens (tertiary/aromatic N) is 4. The van der Waals surface area contributed by atoms with E-state index in [9.17, 15) is 0 Å². The Labute approximate surface area is 162 Å². The second-order valence-electron chi connectivity index (χ2n) is 7.31. The van der Waals surface area contributed by atoms with Crippen molar-refractivity contribution in [3.05, 3.63) is 47.8 Å². The van der Waals surface area contributed by atoms with Crippen molar-refractivity contribution in [2.45, 2.75) is 40.0 Å². The lowest BCUT2D eigenvalue weighted by atomic mass is 9.97. The summed E-state index contributed by atoms with van der Waals surface area (Å²) in [4.78, 5) is 6.66. The number of allylic oxidation sites excluding steroid dienone is 2. The highest BCUT2D eigenvalue weighted by atomic mass is 15.3. The van der Waals surface area contributed by atoms with Crippen LogP contribution in [-0.2, 0) is 7.05 Å². The Hall–Kier alpha value is -2.62. The fourth-order valence-corrected chi connectivity index (χ4v) is 3.72. The van der Waals surface area contributed by atoms with Gasteiger partial charge in [0.1, 0.15) is 11.3 Å². The summed E-state index contributed by atoms with van der Waals surface area (Å²) in [6, 6.07) is 8.62. The fourth-order valence-electron chi connectivity index (χ4n) is 3.72. The summed E-state index contributed by atoms with van der Waals surface area (Å²) in [7, 11) is 6.09. The average molecular weight is 363 g/mol. The second kappa shape index (κ2) is 7.95. The number of hydrogen-bond donors (Lipinski definition) is 0. The number of aryl methyl sites for hydroxylation is 2. The molecule has 3 rings (SSSR count). The Morgan fingerprint density at radius 1 is 1.19 bits per heavy atom. The lowest BCUT2D eigenvalue weighted by Crippen LogP contribution is -2.10. The topological polar surface area (TPSA) is 34.0 Å². The van der Waals surface area contributed by atoms with E-state index < -0.39 is 0 Å². The molecule has 0 radical (unpaired) electrons. The highest BCUT2D eigenvalue weighted by molar-refractivity contribution is 6.00. The molecule has 1 aromatic carbocycles. The van der Waals surface area contributed by atoms with Crippen molar-refractivity contribution in [3.8, 4) is 11.1 Å². The molecule has 0 N–H and O–H groups in total. The predicted octanol–water partition coefficient (Wildman–Crippen LogP) is 5.60. The van der Waals surface area contributed by atoms with Gasteiger partial charge in [0.2, 0.25) is 0 Å². The first-order valence-corrected chi connectivity index (χ1v) is 9.77. The maximum atomic E-state index is 4.91. The molecule has 0 bridgehead atoms. The van der Waals surface area contributed by atoms with Gasteiger partial charge in [-0.2, -0.15) is 5.10 Å². The quantitative estimate of drug-likeness (QED) is 0.572. The molecule has 4 heteroatoms. The molecule has 0 saturated heterocycles. The number of benzene rings is 1. The summed E-state index contributed by atoms with van der Waals surface area (Å²) in [6.07, 6.45) is 7.56. The van der Waals surface area contributed by atoms with Crippen LogP contribution in [0.15, 0.2) is 36.5 Å². The summed E-state index contributed by atoms with van der Waals surface area (Å²) < 4.78 is 2.04. The van der Waals surface area contributed by atoms with Gasteiger partial charge in [0, 0.05) is 43.9 Å². The third-order valence-corrected chi connectivity index (χ3v) is 4.98. The van der Waals surface area contributed by atoms with E-state index in [1.54, 1.807) is 0 Å². The molecule has 2 heterocycles. The van der Waals surface area contributed by atoms with Crippen molar-refractivity contribution < 1.29 is 0 Å². The molecule has 0 saturated carbocycles. The van der Waals surface area contributed by atoms with Gasteiger partial charge in [-0.05, 0) is 37.0 Å². The minimum Gasteiger partial charge on any atom is -0.363 e. The zero-order valence-electron chi connectivity index (χ0n) is 17.4. The van der Waals surface area contributed by atoms with Crippen molar-refractivity contribution in [1.29, 1.82) is 0 Å². The van der Waals surface area contributed by atoms with Crippen molar-refractivity contribution in [2.24, 2.45) is 7.05 Å². The van der Waals surface area contributed by atoms with Crippen molar-refractivity contribution in [3.63, 3.8) is 0 Å². The number of anilines is 1. The first-order valence-electron chi connectivity index (χ1n) is 9.77. The van der Waals surface area contributed by atoms with E-state index in [0.717, 1.165) is 41.7 Å². The van der Waals surface area contributed by atoms with Gasteiger partial charge in [0.15, 0.2) is 0 Å². The van der Waals surface area contributed by atoms with E-state index in [2.05, 4.69) is 63.1 Å². The van der Waals surface area contributed by atoms with Crippen LogP contribution in [0, 0.1) is 6.92 Å². The van der Waals surface area contributed by atoms with Gasteiger partial charge in [-0.25, -0.2) is 4.98 Å². The minimum atomic E-state index is 0.973. The van der Waals surface area contributed by atoms with Crippen LogP contribution in [0.4, 0.5) is 5.82 Å². The van der Waals surface area contributed by atoms with Gasteiger partial charge in [0.25, 0.3) is 0 Å². The molecule has 0 aliphatic rings. The van der Waals surface area contributed by atoms with E-state index >= 15 is 0 Å². The molecule has 3 aromatic rings. The summed E-state index contributed by atoms with van der Waals surface area (Å²) in [6.45, 7) is 6.57. The van der Waals surface area contributed by atoms with Crippen molar-refractivity contribution in [1.82, 2.24) is 14.8 Å². The zero-order valence-corrected chi connectivity index (χ0v) is 17.4. The molecule has 0 fully saturated rings. The third kappa shape index (κ3) is 3.61. The summed E-state index contributed by atoms with van der Waals surface area (Å²) in [5.41, 5.74) is 7.19. The summed E-state index contributed by atoms with van der Waals surface area (Å²) in [5.74, 6) is 0.973. The van der Waals surface area contributed by atoms with Gasteiger partial charge in [-0.1, -0.05) is 44.5 Å². The molecular weight excluding hydrogens is 332 g/mol. The van der Waals surface area contributed by atoms with Crippen LogP contribution < -0.4 is 4.90 Å². The maximum absolute atomic E-state index is 4.91. The van der Waals surface area contributed by atoms with E-state index in [4.69, 9.17) is 5.10 Å². The smallest absolute Gasteiger partial charge is 0.128 e. The lowest BCUT2D eigenvalue weighted by molar-refractivity contribution is 0.760. The molecule has 0 amide bonds. The molecule has 0 aliphatic heterocycles. The summed E-state index contributed by atoms with van der Waals surface area (Å²) >= 11 is 0. The third-order valence-electron chi connectivity index (χ3n) is 4.98. The maximum Gasteiger partial charge on any atom is 0.128 e. The fraction of sp³-hybridized carbons (Fsp3) is 0.391. The predicted molar refractivity (Wildman–Crippen MR) is 116 cm³/mol. The zero-order chi connectivity index (χ0) is 19.6. The molecule has 0 spiro atoms. The second-order valence-corrected chi connectivity index (χ2v) is 7.31. The van der Waals surface area contributed by atoms with Crippen molar-refractivity contribution in [2.75, 3.05) is 19.0 Å². The molecule has 0 atom stereocenters. The standard InChI is InChI=1S/C23H30N4/c1-7-10-17(11-8-2)23-19-13-9-12-18(22(19)25-27(23)6)20-15-24-21(26(4)5)14-16(20)3/h9-10,12-15H,7-8,11H2,1-6H3/b17-10-. The summed E-state index contributed by atoms with van der Waals surface area (Å²) in [5, 5.41) is 6.13. The van der Waals surface area contributed by atoms with Crippen LogP contribution in [0.1, 0.15) is 44.4 Å². The number of hydrogen-bond acceptors (Lipinski definition) is 3. The number of fused-ring (bicyclic) bond motifs is 1. The van der Waals surface area contributed by atoms with Crippen LogP contribution in [0.25, 0.3) is 27.6 Å². The van der Waals surface area contributed by atoms with Crippen LogP contribution in [0.3, 0.4) is 0 Å². The van der Waals surface area contributed by atoms with Crippen LogP contribution >= 0.6 is 0 Å². The molecule has 2 aromatic heterocycles. The monoisotopic (exact) mass is 362 g/mol. The van der Waals surface area contributed by atoms with Crippen LogP contribution in [-0.4, -0.2) is 28.9 Å². The number of pyridine rings is 1.